The van der Waals surface area contributed by atoms with Crippen LogP contribution in [0.25, 0.3) is 0 Å². The molecule has 9 heavy (non-hydrogen) atoms. The fourth-order valence-corrected chi connectivity index (χ4v) is 0.443. The van der Waals surface area contributed by atoms with Crippen molar-refractivity contribution in [3.05, 3.63) is 0 Å². The fourth-order valence-electron chi connectivity index (χ4n) is 0.443. The van der Waals surface area contributed by atoms with Gasteiger partial charge in [0.2, 0.25) is 5.91 Å². The van der Waals surface area contributed by atoms with Gasteiger partial charge in [0, 0.05) is 7.05 Å². The molecule has 3 heteroatoms. The van der Waals surface area contributed by atoms with E-state index in [0.29, 0.717) is 0 Å². The van der Waals surface area contributed by atoms with Crippen LogP contribution in [0, 0.1) is 0 Å². The zero-order valence-corrected chi connectivity index (χ0v) is 6.43. The van der Waals surface area contributed by atoms with Crippen molar-refractivity contribution in [3.8, 4) is 0 Å². The standard InChI is InChI=1S/C6H14N2O/c1-5(8(3)4)6(9)7-2/h5H,1-4H3,(H,7,9)/t5-/m1/s1. The number of hydrogen-bond donors (Lipinski definition) is 1. The minimum Gasteiger partial charge on any atom is -0.358 e. The lowest BCUT2D eigenvalue weighted by Crippen LogP contribution is -2.39. The van der Waals surface area contributed by atoms with Gasteiger partial charge in [-0.05, 0) is 21.0 Å². The van der Waals surface area contributed by atoms with E-state index in [0.717, 1.165) is 0 Å². The van der Waals surface area contributed by atoms with Crippen LogP contribution in [-0.2, 0) is 4.79 Å². The van der Waals surface area contributed by atoms with Crippen LogP contribution in [0.1, 0.15) is 6.92 Å². The third-order valence-electron chi connectivity index (χ3n) is 1.40. The fraction of sp³-hybridized carbons (Fsp3) is 0.833. The average Bonchev–Trinajstić information content (AvgIpc) is 1.84. The van der Waals surface area contributed by atoms with Gasteiger partial charge < -0.3 is 5.32 Å². The van der Waals surface area contributed by atoms with Crippen molar-refractivity contribution >= 4 is 5.91 Å². The van der Waals surface area contributed by atoms with Gasteiger partial charge in [-0.25, -0.2) is 0 Å². The molecule has 0 fully saturated rings. The Morgan fingerprint density at radius 3 is 2.11 bits per heavy atom. The molecule has 1 N–H and O–H groups in total. The van der Waals surface area contributed by atoms with Crippen LogP contribution in [0.2, 0.25) is 0 Å². The lowest BCUT2D eigenvalue weighted by molar-refractivity contribution is -0.124. The van der Waals surface area contributed by atoms with Crippen LogP contribution in [0.5, 0.6) is 0 Å². The lowest BCUT2D eigenvalue weighted by Gasteiger charge is -2.16. The van der Waals surface area contributed by atoms with Gasteiger partial charge in [0.05, 0.1) is 6.04 Å². The summed E-state index contributed by atoms with van der Waals surface area (Å²) in [5.41, 5.74) is 0. The Balaban J connectivity index is 3.72. The van der Waals surface area contributed by atoms with Crippen LogP contribution < -0.4 is 5.32 Å². The molecule has 1 amide bonds. The SMILES string of the molecule is CNC(=O)[C@@H](C)N(C)C. The molecule has 0 bridgehead atoms. The molecule has 0 unspecified atom stereocenters. The number of carbonyl (C=O) groups excluding carboxylic acids is 1. The normalized spacial score (nSPS) is 13.4. The van der Waals surface area contributed by atoms with Crippen LogP contribution in [0.3, 0.4) is 0 Å². The van der Waals surface area contributed by atoms with Crippen molar-refractivity contribution in [1.82, 2.24) is 10.2 Å². The maximum Gasteiger partial charge on any atom is 0.236 e. The largest absolute Gasteiger partial charge is 0.358 e. The van der Waals surface area contributed by atoms with Crippen LogP contribution >= 0.6 is 0 Å². The summed E-state index contributed by atoms with van der Waals surface area (Å²) >= 11 is 0. The lowest BCUT2D eigenvalue weighted by atomic mass is 10.3. The summed E-state index contributed by atoms with van der Waals surface area (Å²) in [6.45, 7) is 1.86. The van der Waals surface area contributed by atoms with E-state index in [4.69, 9.17) is 0 Å². The van der Waals surface area contributed by atoms with Gasteiger partial charge in [0.25, 0.3) is 0 Å². The number of rotatable bonds is 2. The molecule has 3 nitrogen and oxygen atoms in total. The molecule has 0 aromatic heterocycles. The quantitative estimate of drug-likeness (QED) is 0.555. The summed E-state index contributed by atoms with van der Waals surface area (Å²) in [5.74, 6) is 0.0556. The van der Waals surface area contributed by atoms with Crippen molar-refractivity contribution < 1.29 is 4.79 Å². The van der Waals surface area contributed by atoms with Crippen molar-refractivity contribution in [2.24, 2.45) is 0 Å². The first-order chi connectivity index (χ1) is 4.09. The minimum atomic E-state index is -0.0324. The number of hydrogen-bond acceptors (Lipinski definition) is 2. The number of carbonyl (C=O) groups is 1. The maximum atomic E-state index is 10.8. The molecular weight excluding hydrogens is 116 g/mol. The Morgan fingerprint density at radius 2 is 2.00 bits per heavy atom. The van der Waals surface area contributed by atoms with E-state index in [9.17, 15) is 4.79 Å². The Bertz CT molecular complexity index is 101. The van der Waals surface area contributed by atoms with Crippen LogP contribution in [0.4, 0.5) is 0 Å². The molecule has 0 saturated heterocycles. The summed E-state index contributed by atoms with van der Waals surface area (Å²) in [6, 6.07) is -0.0324. The van der Waals surface area contributed by atoms with Gasteiger partial charge in [-0.2, -0.15) is 0 Å². The zero-order valence-electron chi connectivity index (χ0n) is 6.43. The summed E-state index contributed by atoms with van der Waals surface area (Å²) in [4.78, 5) is 12.7. The molecule has 54 valence electrons. The number of amides is 1. The molecular formula is C6H14N2O. The molecule has 1 atom stereocenters. The first kappa shape index (κ1) is 8.43. The number of nitrogens with one attached hydrogen (secondary N) is 1. The van der Waals surface area contributed by atoms with Crippen LogP contribution in [0.15, 0.2) is 0 Å². The van der Waals surface area contributed by atoms with E-state index in [-0.39, 0.29) is 11.9 Å². The predicted molar refractivity (Wildman–Crippen MR) is 37.2 cm³/mol. The summed E-state index contributed by atoms with van der Waals surface area (Å²) in [5, 5.41) is 2.57. The van der Waals surface area contributed by atoms with Crippen molar-refractivity contribution in [2.45, 2.75) is 13.0 Å². The predicted octanol–water partition coefficient (Wildman–Crippen LogP) is -0.317. The zero-order chi connectivity index (χ0) is 7.44. The molecule has 0 saturated carbocycles. The second-order valence-corrected chi connectivity index (χ2v) is 2.25. The van der Waals surface area contributed by atoms with Gasteiger partial charge in [0.1, 0.15) is 0 Å². The molecule has 0 aromatic carbocycles. The van der Waals surface area contributed by atoms with Gasteiger partial charge in [-0.15, -0.1) is 0 Å². The van der Waals surface area contributed by atoms with E-state index in [2.05, 4.69) is 5.32 Å². The average molecular weight is 130 g/mol. The highest BCUT2D eigenvalue weighted by molar-refractivity contribution is 5.80. The first-order valence-corrected chi connectivity index (χ1v) is 2.97. The number of likely N-dealkylation sites (N-methyl/N-ethyl adjacent to an activating group) is 2. The molecule has 0 spiro atoms. The molecule has 0 aromatic rings. The molecule has 0 aliphatic carbocycles. The van der Waals surface area contributed by atoms with Crippen molar-refractivity contribution in [3.63, 3.8) is 0 Å². The van der Waals surface area contributed by atoms with Gasteiger partial charge in [-0.3, -0.25) is 9.69 Å². The van der Waals surface area contributed by atoms with E-state index in [1.165, 1.54) is 0 Å². The molecule has 0 aliphatic heterocycles. The van der Waals surface area contributed by atoms with Gasteiger partial charge in [-0.1, -0.05) is 0 Å². The van der Waals surface area contributed by atoms with Gasteiger partial charge >= 0.3 is 0 Å². The Kier molecular flexibility index (Phi) is 3.24. The first-order valence-electron chi connectivity index (χ1n) is 2.97. The Hall–Kier alpha value is -0.570. The smallest absolute Gasteiger partial charge is 0.236 e. The number of nitrogens with zero attached hydrogens (tertiary/aromatic N) is 1. The molecule has 0 heterocycles. The van der Waals surface area contributed by atoms with E-state index in [1.807, 2.05) is 25.9 Å². The molecule has 0 aliphatic rings. The second kappa shape index (κ2) is 3.45. The summed E-state index contributed by atoms with van der Waals surface area (Å²) in [7, 11) is 5.39. The highest BCUT2D eigenvalue weighted by Crippen LogP contribution is 1.88. The van der Waals surface area contributed by atoms with Crippen LogP contribution in [-0.4, -0.2) is 38.0 Å². The Labute approximate surface area is 56.0 Å². The molecule has 0 radical (unpaired) electrons. The summed E-state index contributed by atoms with van der Waals surface area (Å²) in [6.07, 6.45) is 0. The van der Waals surface area contributed by atoms with Crippen molar-refractivity contribution in [1.29, 1.82) is 0 Å². The summed E-state index contributed by atoms with van der Waals surface area (Å²) < 4.78 is 0. The Morgan fingerprint density at radius 1 is 1.56 bits per heavy atom. The third kappa shape index (κ3) is 2.46. The maximum absolute atomic E-state index is 10.8. The molecule has 0 rings (SSSR count). The second-order valence-electron chi connectivity index (χ2n) is 2.25. The van der Waals surface area contributed by atoms with Gasteiger partial charge in [0.15, 0.2) is 0 Å². The monoisotopic (exact) mass is 130 g/mol. The highest BCUT2D eigenvalue weighted by Gasteiger charge is 2.11. The van der Waals surface area contributed by atoms with E-state index < -0.39 is 0 Å². The highest BCUT2D eigenvalue weighted by atomic mass is 16.2. The van der Waals surface area contributed by atoms with E-state index in [1.54, 1.807) is 7.05 Å². The topological polar surface area (TPSA) is 32.3 Å². The van der Waals surface area contributed by atoms with Crippen molar-refractivity contribution in [2.75, 3.05) is 21.1 Å². The minimum absolute atomic E-state index is 0.0324. The van der Waals surface area contributed by atoms with E-state index >= 15 is 0 Å². The third-order valence-corrected chi connectivity index (χ3v) is 1.40.